The highest BCUT2D eigenvalue weighted by atomic mass is 79.9. The normalized spacial score (nSPS) is 16.0. The lowest BCUT2D eigenvalue weighted by atomic mass is 10.1. The van der Waals surface area contributed by atoms with Crippen LogP contribution in [0.3, 0.4) is 0 Å². The van der Waals surface area contributed by atoms with Crippen molar-refractivity contribution in [2.75, 3.05) is 5.32 Å². The monoisotopic (exact) mass is 433 g/mol. The predicted octanol–water partition coefficient (Wildman–Crippen LogP) is 5.00. The zero-order valence-corrected chi connectivity index (χ0v) is 16.9. The summed E-state index contributed by atoms with van der Waals surface area (Å²) in [6.07, 6.45) is 5.10. The minimum Gasteiger partial charge on any atom is -0.450 e. The highest BCUT2D eigenvalue weighted by molar-refractivity contribution is 9.10. The van der Waals surface area contributed by atoms with Crippen molar-refractivity contribution in [3.8, 4) is 0 Å². The fourth-order valence-electron chi connectivity index (χ4n) is 3.12. The van der Waals surface area contributed by atoms with Crippen molar-refractivity contribution in [3.63, 3.8) is 0 Å². The van der Waals surface area contributed by atoms with Crippen LogP contribution < -0.4 is 10.7 Å². The SMILES string of the molecule is CCCCCCCC(=O)NN1C(=O)c2ccccc2NC1c1ccc(Br)o1. The Balaban J connectivity index is 1.73. The van der Waals surface area contributed by atoms with Crippen LogP contribution in [0, 0.1) is 0 Å². The number of amides is 2. The number of hydrogen-bond donors (Lipinski definition) is 2. The Morgan fingerprint density at radius 2 is 1.96 bits per heavy atom. The molecule has 0 fully saturated rings. The molecule has 1 aromatic heterocycles. The number of fused-ring (bicyclic) bond motifs is 1. The lowest BCUT2D eigenvalue weighted by Gasteiger charge is -2.36. The van der Waals surface area contributed by atoms with E-state index in [0.29, 0.717) is 28.1 Å². The van der Waals surface area contributed by atoms with E-state index in [1.807, 2.05) is 12.1 Å². The number of unbranched alkanes of at least 4 members (excludes halogenated alkanes) is 4. The summed E-state index contributed by atoms with van der Waals surface area (Å²) in [5.41, 5.74) is 3.99. The molecule has 1 aliphatic heterocycles. The number of carbonyl (C=O) groups excluding carboxylic acids is 2. The van der Waals surface area contributed by atoms with Crippen LogP contribution in [0.4, 0.5) is 5.69 Å². The molecule has 3 rings (SSSR count). The third-order valence-corrected chi connectivity index (χ3v) is 4.97. The predicted molar refractivity (Wildman–Crippen MR) is 107 cm³/mol. The van der Waals surface area contributed by atoms with Gasteiger partial charge in [0.25, 0.3) is 5.91 Å². The zero-order valence-electron chi connectivity index (χ0n) is 15.3. The van der Waals surface area contributed by atoms with E-state index in [9.17, 15) is 9.59 Å². The highest BCUT2D eigenvalue weighted by Crippen LogP contribution is 2.33. The molecule has 2 heterocycles. The van der Waals surface area contributed by atoms with Crippen molar-refractivity contribution in [1.82, 2.24) is 10.4 Å². The number of hydrogen-bond acceptors (Lipinski definition) is 4. The molecule has 1 aliphatic rings. The smallest absolute Gasteiger partial charge is 0.276 e. The maximum Gasteiger partial charge on any atom is 0.276 e. The van der Waals surface area contributed by atoms with Gasteiger partial charge in [-0.3, -0.25) is 15.0 Å². The van der Waals surface area contributed by atoms with Gasteiger partial charge in [0.05, 0.1) is 5.56 Å². The van der Waals surface area contributed by atoms with Crippen molar-refractivity contribution in [2.45, 2.75) is 51.6 Å². The Hall–Kier alpha value is -2.28. The second-order valence-electron chi connectivity index (χ2n) is 6.61. The molecule has 0 saturated carbocycles. The molecule has 0 saturated heterocycles. The van der Waals surface area contributed by atoms with E-state index in [0.717, 1.165) is 19.3 Å². The minimum atomic E-state index is -0.609. The topological polar surface area (TPSA) is 74.6 Å². The highest BCUT2D eigenvalue weighted by Gasteiger charge is 2.35. The van der Waals surface area contributed by atoms with Gasteiger partial charge < -0.3 is 9.73 Å². The van der Waals surface area contributed by atoms with Crippen LogP contribution in [0.15, 0.2) is 45.5 Å². The quantitative estimate of drug-likeness (QED) is 0.574. The van der Waals surface area contributed by atoms with Crippen molar-refractivity contribution < 1.29 is 14.0 Å². The molecule has 2 N–H and O–H groups in total. The van der Waals surface area contributed by atoms with Gasteiger partial charge in [0, 0.05) is 12.1 Å². The molecule has 0 bridgehead atoms. The number of hydrazine groups is 1. The third-order valence-electron chi connectivity index (χ3n) is 4.54. The van der Waals surface area contributed by atoms with Gasteiger partial charge in [-0.1, -0.05) is 44.7 Å². The van der Waals surface area contributed by atoms with Crippen LogP contribution in [-0.2, 0) is 4.79 Å². The van der Waals surface area contributed by atoms with Gasteiger partial charge in [-0.05, 0) is 46.6 Å². The molecule has 0 radical (unpaired) electrons. The van der Waals surface area contributed by atoms with E-state index in [-0.39, 0.29) is 11.8 Å². The van der Waals surface area contributed by atoms with Gasteiger partial charge >= 0.3 is 0 Å². The maximum absolute atomic E-state index is 13.0. The fraction of sp³-hybridized carbons (Fsp3) is 0.400. The molecule has 2 amide bonds. The number of rotatable bonds is 8. The second kappa shape index (κ2) is 9.08. The van der Waals surface area contributed by atoms with Gasteiger partial charge in [-0.25, -0.2) is 5.01 Å². The van der Waals surface area contributed by atoms with Gasteiger partial charge in [0.1, 0.15) is 5.76 Å². The molecule has 0 aliphatic carbocycles. The number of carbonyl (C=O) groups is 2. The van der Waals surface area contributed by atoms with Gasteiger partial charge in [-0.15, -0.1) is 0 Å². The van der Waals surface area contributed by atoms with Crippen LogP contribution in [0.2, 0.25) is 0 Å². The van der Waals surface area contributed by atoms with Crippen LogP contribution in [0.1, 0.15) is 67.7 Å². The summed E-state index contributed by atoms with van der Waals surface area (Å²) in [5.74, 6) is 0.103. The van der Waals surface area contributed by atoms with Crippen LogP contribution in [-0.4, -0.2) is 16.8 Å². The molecule has 27 heavy (non-hydrogen) atoms. The first-order valence-corrected chi connectivity index (χ1v) is 10.1. The van der Waals surface area contributed by atoms with Crippen molar-refractivity contribution in [1.29, 1.82) is 0 Å². The number of furan rings is 1. The number of para-hydroxylation sites is 1. The summed E-state index contributed by atoms with van der Waals surface area (Å²) in [6.45, 7) is 2.16. The van der Waals surface area contributed by atoms with E-state index in [2.05, 4.69) is 33.6 Å². The first-order chi connectivity index (χ1) is 13.1. The Morgan fingerprint density at radius 3 is 2.70 bits per heavy atom. The molecular weight excluding hydrogens is 410 g/mol. The fourth-order valence-corrected chi connectivity index (χ4v) is 3.44. The Kier molecular flexibility index (Phi) is 6.55. The summed E-state index contributed by atoms with van der Waals surface area (Å²) >= 11 is 3.29. The number of benzene rings is 1. The molecule has 6 nitrogen and oxygen atoms in total. The summed E-state index contributed by atoms with van der Waals surface area (Å²) in [6, 6.07) is 10.8. The lowest BCUT2D eigenvalue weighted by Crippen LogP contribution is -2.52. The standard InChI is InChI=1S/C20H24BrN3O3/c1-2-3-4-5-6-11-18(25)23-24-19(16-12-13-17(21)27-16)22-15-10-8-7-9-14(15)20(24)26/h7-10,12-13,19,22H,2-6,11H2,1H3,(H,23,25). The summed E-state index contributed by atoms with van der Waals surface area (Å²) in [5, 5.41) is 4.59. The van der Waals surface area contributed by atoms with E-state index >= 15 is 0 Å². The summed E-state index contributed by atoms with van der Waals surface area (Å²) in [7, 11) is 0. The van der Waals surface area contributed by atoms with Crippen LogP contribution >= 0.6 is 15.9 Å². The van der Waals surface area contributed by atoms with E-state index in [1.165, 1.54) is 17.9 Å². The average Bonchev–Trinajstić information content (AvgIpc) is 3.10. The first kappa shape index (κ1) is 19.5. The largest absolute Gasteiger partial charge is 0.450 e. The first-order valence-electron chi connectivity index (χ1n) is 9.34. The number of halogens is 1. The van der Waals surface area contributed by atoms with Gasteiger partial charge in [-0.2, -0.15) is 0 Å². The van der Waals surface area contributed by atoms with E-state index in [1.54, 1.807) is 24.3 Å². The van der Waals surface area contributed by atoms with Crippen LogP contribution in [0.5, 0.6) is 0 Å². The summed E-state index contributed by atoms with van der Waals surface area (Å²) in [4.78, 5) is 25.4. The van der Waals surface area contributed by atoms with Gasteiger partial charge in [0.2, 0.25) is 5.91 Å². The molecule has 0 spiro atoms. The van der Waals surface area contributed by atoms with Crippen molar-refractivity contribution in [2.24, 2.45) is 0 Å². The van der Waals surface area contributed by atoms with E-state index in [4.69, 9.17) is 4.42 Å². The molecule has 7 heteroatoms. The Morgan fingerprint density at radius 1 is 1.19 bits per heavy atom. The maximum atomic E-state index is 13.0. The molecule has 1 atom stereocenters. The molecule has 1 unspecified atom stereocenters. The van der Waals surface area contributed by atoms with Crippen LogP contribution in [0.25, 0.3) is 0 Å². The Labute approximate surface area is 167 Å². The van der Waals surface area contributed by atoms with Crippen molar-refractivity contribution in [3.05, 3.63) is 52.4 Å². The zero-order chi connectivity index (χ0) is 19.2. The number of nitrogens with one attached hydrogen (secondary N) is 2. The molecule has 144 valence electrons. The van der Waals surface area contributed by atoms with E-state index < -0.39 is 6.17 Å². The molecule has 1 aromatic carbocycles. The minimum absolute atomic E-state index is 0.170. The average molecular weight is 434 g/mol. The second-order valence-corrected chi connectivity index (χ2v) is 7.39. The van der Waals surface area contributed by atoms with Crippen molar-refractivity contribution >= 4 is 33.4 Å². The summed E-state index contributed by atoms with van der Waals surface area (Å²) < 4.78 is 6.20. The molecular formula is C20H24BrN3O3. The van der Waals surface area contributed by atoms with Gasteiger partial charge in [0.15, 0.2) is 10.8 Å². The molecule has 2 aromatic rings. The number of nitrogens with zero attached hydrogens (tertiary/aromatic N) is 1. The Bertz CT molecular complexity index is 805. The third kappa shape index (κ3) is 4.71. The lowest BCUT2D eigenvalue weighted by molar-refractivity contribution is -0.126. The number of anilines is 1.